The second-order valence-electron chi connectivity index (χ2n) is 6.29. The zero-order chi connectivity index (χ0) is 20.4. The van der Waals surface area contributed by atoms with E-state index < -0.39 is 11.4 Å². The fourth-order valence-corrected chi connectivity index (χ4v) is 3.54. The highest BCUT2D eigenvalue weighted by molar-refractivity contribution is 7.99. The summed E-state index contributed by atoms with van der Waals surface area (Å²) in [6.07, 6.45) is 0.912. The molecule has 7 nitrogen and oxygen atoms in total. The highest BCUT2D eigenvalue weighted by Gasteiger charge is 2.15. The van der Waals surface area contributed by atoms with Crippen LogP contribution in [-0.2, 0) is 6.42 Å². The number of benzene rings is 2. The van der Waals surface area contributed by atoms with Crippen LogP contribution in [-0.4, -0.2) is 36.3 Å². The van der Waals surface area contributed by atoms with Crippen molar-refractivity contribution in [2.24, 2.45) is 0 Å². The Kier molecular flexibility index (Phi) is 5.22. The molecule has 9 heteroatoms. The van der Waals surface area contributed by atoms with Crippen LogP contribution in [0.1, 0.15) is 22.8 Å². The van der Waals surface area contributed by atoms with Crippen LogP contribution in [0.4, 0.5) is 4.39 Å². The summed E-state index contributed by atoms with van der Waals surface area (Å²) < 4.78 is 14.5. The van der Waals surface area contributed by atoms with Gasteiger partial charge in [0.05, 0.1) is 5.75 Å². The van der Waals surface area contributed by atoms with Gasteiger partial charge in [-0.15, -0.1) is 10.2 Å². The number of nitrogens with zero attached hydrogens (tertiary/aromatic N) is 4. The van der Waals surface area contributed by atoms with Gasteiger partial charge >= 0.3 is 0 Å². The second kappa shape index (κ2) is 7.96. The molecule has 146 valence electrons. The van der Waals surface area contributed by atoms with E-state index in [4.69, 9.17) is 0 Å². The predicted molar refractivity (Wildman–Crippen MR) is 108 cm³/mol. The number of thioether (sulfide) groups is 1. The molecule has 0 spiro atoms. The highest BCUT2D eigenvalue weighted by atomic mass is 32.2. The number of fused-ring (bicyclic) bond motifs is 1. The lowest BCUT2D eigenvalue weighted by atomic mass is 10.1. The van der Waals surface area contributed by atoms with Crippen molar-refractivity contribution in [3.8, 4) is 11.3 Å². The van der Waals surface area contributed by atoms with Crippen molar-refractivity contribution in [2.45, 2.75) is 18.5 Å². The minimum absolute atomic E-state index is 0.0439. The SMILES string of the molecule is CCc1ccc(C(=O)CSc2nnc3[nH]c(=O)c(-c4ccc(F)cc4)nn23)cc1. The molecule has 0 unspecified atom stereocenters. The molecule has 0 bridgehead atoms. The Bertz CT molecular complexity index is 1230. The maximum Gasteiger partial charge on any atom is 0.279 e. The van der Waals surface area contributed by atoms with Crippen molar-refractivity contribution in [3.63, 3.8) is 0 Å². The Balaban J connectivity index is 1.59. The molecule has 2 aromatic heterocycles. The number of rotatable bonds is 6. The van der Waals surface area contributed by atoms with Gasteiger partial charge in [-0.25, -0.2) is 4.39 Å². The van der Waals surface area contributed by atoms with Crippen LogP contribution in [0.25, 0.3) is 17.0 Å². The largest absolute Gasteiger partial charge is 0.293 e. The summed E-state index contributed by atoms with van der Waals surface area (Å²) in [5.41, 5.74) is 1.91. The van der Waals surface area contributed by atoms with Crippen LogP contribution in [0.2, 0.25) is 0 Å². The fourth-order valence-electron chi connectivity index (χ4n) is 2.77. The number of ketones is 1. The van der Waals surface area contributed by atoms with E-state index in [-0.39, 0.29) is 23.0 Å². The topological polar surface area (TPSA) is 93.0 Å². The van der Waals surface area contributed by atoms with E-state index in [1.54, 1.807) is 0 Å². The molecule has 0 atom stereocenters. The van der Waals surface area contributed by atoms with Gasteiger partial charge in [0, 0.05) is 11.1 Å². The Labute approximate surface area is 169 Å². The zero-order valence-corrected chi connectivity index (χ0v) is 16.2. The van der Waals surface area contributed by atoms with Gasteiger partial charge in [0.25, 0.3) is 11.3 Å². The molecule has 0 saturated heterocycles. The molecule has 4 rings (SSSR count). The van der Waals surface area contributed by atoms with E-state index in [1.165, 1.54) is 46.1 Å². The summed E-state index contributed by atoms with van der Waals surface area (Å²) in [6, 6.07) is 12.9. The van der Waals surface area contributed by atoms with Crippen LogP contribution in [0.3, 0.4) is 0 Å². The Morgan fingerprint density at radius 3 is 2.52 bits per heavy atom. The first-order chi connectivity index (χ1) is 14.0. The van der Waals surface area contributed by atoms with Crippen LogP contribution < -0.4 is 5.56 Å². The average molecular weight is 409 g/mol. The molecule has 1 N–H and O–H groups in total. The third kappa shape index (κ3) is 3.95. The molecule has 2 aromatic carbocycles. The van der Waals surface area contributed by atoms with Crippen LogP contribution in [0.5, 0.6) is 0 Å². The quantitative estimate of drug-likeness (QED) is 0.388. The Morgan fingerprint density at radius 2 is 1.83 bits per heavy atom. The maximum atomic E-state index is 13.2. The number of carbonyl (C=O) groups is 1. The summed E-state index contributed by atoms with van der Waals surface area (Å²) in [6.45, 7) is 2.06. The first kappa shape index (κ1) is 19.0. The summed E-state index contributed by atoms with van der Waals surface area (Å²) in [7, 11) is 0. The first-order valence-electron chi connectivity index (χ1n) is 8.92. The third-order valence-electron chi connectivity index (χ3n) is 4.39. The molecular formula is C20H16FN5O2S. The Hall–Kier alpha value is -3.33. The normalized spacial score (nSPS) is 11.1. The molecule has 0 aliphatic carbocycles. The van der Waals surface area contributed by atoms with Gasteiger partial charge in [0.1, 0.15) is 5.82 Å². The summed E-state index contributed by atoms with van der Waals surface area (Å²) in [4.78, 5) is 27.3. The van der Waals surface area contributed by atoms with Gasteiger partial charge in [-0.3, -0.25) is 14.6 Å². The molecule has 0 radical (unpaired) electrons. The van der Waals surface area contributed by atoms with E-state index in [0.717, 1.165) is 6.42 Å². The monoisotopic (exact) mass is 409 g/mol. The number of carbonyl (C=O) groups excluding carboxylic acids is 1. The van der Waals surface area contributed by atoms with Crippen molar-refractivity contribution in [3.05, 3.63) is 75.8 Å². The molecule has 0 amide bonds. The van der Waals surface area contributed by atoms with Gasteiger partial charge in [0.15, 0.2) is 11.5 Å². The van der Waals surface area contributed by atoms with Crippen LogP contribution in [0.15, 0.2) is 58.5 Å². The number of H-pyrrole nitrogens is 1. The van der Waals surface area contributed by atoms with Crippen molar-refractivity contribution in [1.82, 2.24) is 24.8 Å². The number of aryl methyl sites for hydroxylation is 1. The van der Waals surface area contributed by atoms with E-state index in [9.17, 15) is 14.0 Å². The lowest BCUT2D eigenvalue weighted by Crippen LogP contribution is -2.15. The van der Waals surface area contributed by atoms with Crippen LogP contribution >= 0.6 is 11.8 Å². The summed E-state index contributed by atoms with van der Waals surface area (Å²) in [5.74, 6) is -0.128. The molecule has 0 aliphatic rings. The predicted octanol–water partition coefficient (Wildman–Crippen LogP) is 3.16. The number of aromatic nitrogens is 5. The average Bonchev–Trinajstić information content (AvgIpc) is 3.13. The van der Waals surface area contributed by atoms with Gasteiger partial charge in [0.2, 0.25) is 5.16 Å². The lowest BCUT2D eigenvalue weighted by Gasteiger charge is -2.03. The number of hydrogen-bond acceptors (Lipinski definition) is 6. The second-order valence-corrected chi connectivity index (χ2v) is 7.23. The maximum absolute atomic E-state index is 13.2. The van der Waals surface area contributed by atoms with Gasteiger partial charge in [-0.1, -0.05) is 43.0 Å². The fraction of sp³-hybridized carbons (Fsp3) is 0.150. The summed E-state index contributed by atoms with van der Waals surface area (Å²) >= 11 is 1.18. The molecule has 0 aliphatic heterocycles. The molecule has 2 heterocycles. The van der Waals surface area contributed by atoms with E-state index >= 15 is 0 Å². The first-order valence-corrected chi connectivity index (χ1v) is 9.90. The number of halogens is 1. The van der Waals surface area contributed by atoms with Crippen molar-refractivity contribution >= 4 is 23.3 Å². The molecular weight excluding hydrogens is 393 g/mol. The third-order valence-corrected chi connectivity index (χ3v) is 5.31. The lowest BCUT2D eigenvalue weighted by molar-refractivity contribution is 0.102. The van der Waals surface area contributed by atoms with E-state index in [2.05, 4.69) is 27.2 Å². The van der Waals surface area contributed by atoms with E-state index in [1.807, 2.05) is 24.3 Å². The van der Waals surface area contributed by atoms with Crippen LogP contribution in [0, 0.1) is 5.82 Å². The van der Waals surface area contributed by atoms with Crippen molar-refractivity contribution in [2.75, 3.05) is 5.75 Å². The number of Topliss-reactive ketones (excluding diaryl/α,β-unsaturated/α-hetero) is 1. The van der Waals surface area contributed by atoms with Gasteiger partial charge in [-0.05, 0) is 36.2 Å². The van der Waals surface area contributed by atoms with E-state index in [0.29, 0.717) is 16.3 Å². The Morgan fingerprint density at radius 1 is 1.10 bits per heavy atom. The highest BCUT2D eigenvalue weighted by Crippen LogP contribution is 2.19. The summed E-state index contributed by atoms with van der Waals surface area (Å²) in [5, 5.41) is 12.6. The van der Waals surface area contributed by atoms with Crippen molar-refractivity contribution in [1.29, 1.82) is 0 Å². The molecule has 0 saturated carbocycles. The standard InChI is InChI=1S/C20H16FN5O2S/c1-2-12-3-5-13(6-4-12)16(27)11-29-20-24-23-19-22-18(28)17(25-26(19)20)14-7-9-15(21)10-8-14/h3-10H,2,11H2,1H3,(H,22,23,28). The zero-order valence-electron chi connectivity index (χ0n) is 15.4. The van der Waals surface area contributed by atoms with Gasteiger partial charge < -0.3 is 0 Å². The smallest absolute Gasteiger partial charge is 0.279 e. The molecule has 0 fully saturated rings. The number of aromatic amines is 1. The number of nitrogens with one attached hydrogen (secondary N) is 1. The molecule has 29 heavy (non-hydrogen) atoms. The minimum Gasteiger partial charge on any atom is -0.293 e. The number of hydrogen-bond donors (Lipinski definition) is 1. The van der Waals surface area contributed by atoms with Crippen molar-refractivity contribution < 1.29 is 9.18 Å². The van der Waals surface area contributed by atoms with Gasteiger partial charge in [-0.2, -0.15) is 9.61 Å². The molecule has 4 aromatic rings. The minimum atomic E-state index is -0.458.